The van der Waals surface area contributed by atoms with E-state index >= 15 is 0 Å². The average molecular weight is 481 g/mol. The Bertz CT molecular complexity index is 1220. The molecule has 8 nitrogen and oxygen atoms in total. The largest absolute Gasteiger partial charge is 0.507 e. The summed E-state index contributed by atoms with van der Waals surface area (Å²) in [4.78, 5) is 45.1. The number of halogens is 1. The molecule has 0 aromatic heterocycles. The number of anilines is 1. The van der Waals surface area contributed by atoms with Gasteiger partial charge in [0.1, 0.15) is 24.7 Å². The molecule has 0 aliphatic carbocycles. The summed E-state index contributed by atoms with van der Waals surface area (Å²) in [5.41, 5.74) is -0.838. The van der Waals surface area contributed by atoms with Gasteiger partial charge in [-0.2, -0.15) is 0 Å². The maximum absolute atomic E-state index is 14.1. The molecule has 2 aromatic rings. The Kier molecular flexibility index (Phi) is 5.90. The lowest BCUT2D eigenvalue weighted by atomic mass is 9.82. The number of benzene rings is 2. The molecule has 0 unspecified atom stereocenters. The van der Waals surface area contributed by atoms with Crippen LogP contribution in [0.2, 0.25) is 0 Å². The van der Waals surface area contributed by atoms with Crippen LogP contribution in [-0.2, 0) is 24.7 Å². The van der Waals surface area contributed by atoms with Crippen LogP contribution < -0.4 is 9.80 Å². The zero-order valence-electron chi connectivity index (χ0n) is 19.4. The van der Waals surface area contributed by atoms with Gasteiger partial charge in [0.2, 0.25) is 0 Å². The number of likely N-dealkylation sites (N-methyl/N-ethyl adjacent to an activating group) is 1. The molecule has 0 radical (unpaired) electrons. The molecule has 3 aliphatic heterocycles. The topological polar surface area (TPSA) is 91.6 Å². The predicted octanol–water partition coefficient (Wildman–Crippen LogP) is 0.683. The Hall–Kier alpha value is -3.56. The lowest BCUT2D eigenvalue weighted by Gasteiger charge is -2.35. The van der Waals surface area contributed by atoms with Gasteiger partial charge >= 0.3 is 0 Å². The van der Waals surface area contributed by atoms with Gasteiger partial charge in [0.25, 0.3) is 17.6 Å². The lowest BCUT2D eigenvalue weighted by molar-refractivity contribution is -0.907. The smallest absolute Gasteiger partial charge is 0.296 e. The minimum atomic E-state index is -1.79. The van der Waals surface area contributed by atoms with Crippen molar-refractivity contribution >= 4 is 29.0 Å². The first kappa shape index (κ1) is 23.2. The maximum Gasteiger partial charge on any atom is 0.296 e. The monoisotopic (exact) mass is 480 g/mol. The van der Waals surface area contributed by atoms with E-state index in [9.17, 15) is 23.9 Å². The second-order valence-electron chi connectivity index (χ2n) is 8.91. The number of Topliss-reactive ketones (excluding diaryl/α,β-unsaturated/α-hetero) is 1. The first-order chi connectivity index (χ1) is 16.9. The number of fused-ring (bicyclic) bond motifs is 2. The Morgan fingerprint density at radius 2 is 1.77 bits per heavy atom. The number of nitrogens with zero attached hydrogens (tertiary/aromatic N) is 2. The summed E-state index contributed by atoms with van der Waals surface area (Å²) in [6.07, 6.45) is 0. The molecule has 2 saturated heterocycles. The molecule has 3 heterocycles. The molecule has 2 amide bonds. The summed E-state index contributed by atoms with van der Waals surface area (Å²) in [6, 6.07) is 12.0. The molecule has 2 fully saturated rings. The van der Waals surface area contributed by atoms with Crippen LogP contribution in [-0.4, -0.2) is 73.5 Å². The molecular formula is C26H27FN3O5+. The summed E-state index contributed by atoms with van der Waals surface area (Å²) in [6.45, 7) is 5.56. The standard InChI is InChI=1S/C26H26FN3O5/c1-2-29-20-6-4-3-5-19(20)26(25(29)34)21(22(31)17-7-9-18(27)10-8-17)23(32)24(33)30(26)12-11-28-13-15-35-16-14-28/h3-10,31H,2,11-16H2,1H3/p+1/t26-/m0/s1. The van der Waals surface area contributed by atoms with E-state index in [-0.39, 0.29) is 17.7 Å². The van der Waals surface area contributed by atoms with Crippen molar-refractivity contribution in [2.75, 3.05) is 50.8 Å². The van der Waals surface area contributed by atoms with Crippen LogP contribution in [0.4, 0.5) is 10.1 Å². The van der Waals surface area contributed by atoms with Gasteiger partial charge in [0.15, 0.2) is 5.54 Å². The second kappa shape index (κ2) is 8.90. The van der Waals surface area contributed by atoms with Gasteiger partial charge in [-0.15, -0.1) is 0 Å². The van der Waals surface area contributed by atoms with Gasteiger partial charge in [0.05, 0.1) is 37.6 Å². The van der Waals surface area contributed by atoms with E-state index < -0.39 is 34.7 Å². The number of hydrogen-bond donors (Lipinski definition) is 2. The number of carbonyl (C=O) groups is 3. The number of amides is 2. The molecule has 9 heteroatoms. The van der Waals surface area contributed by atoms with Crippen LogP contribution in [0.3, 0.4) is 0 Å². The Morgan fingerprint density at radius 3 is 2.46 bits per heavy atom. The van der Waals surface area contributed by atoms with E-state index in [0.29, 0.717) is 37.6 Å². The number of nitrogens with one attached hydrogen (secondary N) is 1. The van der Waals surface area contributed by atoms with Gasteiger partial charge < -0.3 is 24.5 Å². The molecule has 2 aromatic carbocycles. The third-order valence-corrected chi connectivity index (χ3v) is 7.13. The van der Waals surface area contributed by atoms with Gasteiger partial charge in [-0.1, -0.05) is 18.2 Å². The van der Waals surface area contributed by atoms with Crippen molar-refractivity contribution in [1.82, 2.24) is 4.90 Å². The fourth-order valence-corrected chi connectivity index (χ4v) is 5.41. The number of carbonyl (C=O) groups excluding carboxylic acids is 3. The summed E-state index contributed by atoms with van der Waals surface area (Å²) in [5, 5.41) is 11.3. The van der Waals surface area contributed by atoms with Crippen molar-refractivity contribution < 1.29 is 33.5 Å². The van der Waals surface area contributed by atoms with Crippen molar-refractivity contribution in [3.05, 3.63) is 71.0 Å². The van der Waals surface area contributed by atoms with Crippen molar-refractivity contribution in [3.8, 4) is 0 Å². The number of aliphatic hydroxyl groups is 1. The fourth-order valence-electron chi connectivity index (χ4n) is 5.41. The fraction of sp³-hybridized carbons (Fsp3) is 0.346. The van der Waals surface area contributed by atoms with Crippen molar-refractivity contribution in [1.29, 1.82) is 0 Å². The van der Waals surface area contributed by atoms with E-state index in [2.05, 4.69) is 0 Å². The van der Waals surface area contributed by atoms with Gasteiger partial charge in [-0.3, -0.25) is 14.4 Å². The van der Waals surface area contributed by atoms with E-state index in [1.807, 2.05) is 6.92 Å². The SMILES string of the molecule is CCN1C(=O)[C@@]2(C(=C(O)c3ccc(F)cc3)C(=O)C(=O)N2CC[NH+]2CCOCC2)c2ccccc21. The van der Waals surface area contributed by atoms with Crippen LogP contribution in [0.5, 0.6) is 0 Å². The molecule has 35 heavy (non-hydrogen) atoms. The Labute approximate surface area is 202 Å². The van der Waals surface area contributed by atoms with Crippen LogP contribution in [0.15, 0.2) is 54.1 Å². The van der Waals surface area contributed by atoms with E-state index in [0.717, 1.165) is 25.2 Å². The number of quaternary nitrogens is 1. The van der Waals surface area contributed by atoms with E-state index in [4.69, 9.17) is 4.74 Å². The second-order valence-corrected chi connectivity index (χ2v) is 8.91. The minimum absolute atomic E-state index is 0.151. The molecule has 182 valence electrons. The molecular weight excluding hydrogens is 453 g/mol. The molecule has 0 bridgehead atoms. The molecule has 0 saturated carbocycles. The summed E-state index contributed by atoms with van der Waals surface area (Å²) >= 11 is 0. The first-order valence-corrected chi connectivity index (χ1v) is 11.8. The predicted molar refractivity (Wildman–Crippen MR) is 125 cm³/mol. The molecule has 1 spiro atoms. The normalized spacial score (nSPS) is 24.0. The van der Waals surface area contributed by atoms with Crippen molar-refractivity contribution in [3.63, 3.8) is 0 Å². The lowest BCUT2D eigenvalue weighted by Crippen LogP contribution is -3.14. The summed E-state index contributed by atoms with van der Waals surface area (Å²) in [5.74, 6) is -3.22. The summed E-state index contributed by atoms with van der Waals surface area (Å²) in [7, 11) is 0. The molecule has 5 rings (SSSR count). The molecule has 1 atom stereocenters. The number of rotatable bonds is 5. The van der Waals surface area contributed by atoms with Gasteiger partial charge in [0, 0.05) is 17.7 Å². The number of para-hydroxylation sites is 1. The van der Waals surface area contributed by atoms with Gasteiger partial charge in [-0.05, 0) is 37.3 Å². The quantitative estimate of drug-likeness (QED) is 0.373. The number of likely N-dealkylation sites (tertiary alicyclic amines) is 1. The number of ketones is 1. The highest BCUT2D eigenvalue weighted by Crippen LogP contribution is 2.53. The van der Waals surface area contributed by atoms with Crippen LogP contribution in [0, 0.1) is 5.82 Å². The number of aliphatic hydroxyl groups excluding tert-OH is 1. The van der Waals surface area contributed by atoms with E-state index in [1.165, 1.54) is 26.8 Å². The number of morpholine rings is 1. The maximum atomic E-state index is 14.1. The highest BCUT2D eigenvalue weighted by molar-refractivity contribution is 6.50. The van der Waals surface area contributed by atoms with Crippen LogP contribution in [0.1, 0.15) is 18.1 Å². The zero-order chi connectivity index (χ0) is 24.7. The Balaban J connectivity index is 1.70. The van der Waals surface area contributed by atoms with Crippen molar-refractivity contribution in [2.24, 2.45) is 0 Å². The third kappa shape index (κ3) is 3.45. The van der Waals surface area contributed by atoms with Crippen molar-refractivity contribution in [2.45, 2.75) is 12.5 Å². The van der Waals surface area contributed by atoms with Crippen LogP contribution in [0.25, 0.3) is 5.76 Å². The number of hydrogen-bond acceptors (Lipinski definition) is 5. The summed E-state index contributed by atoms with van der Waals surface area (Å²) < 4.78 is 19.0. The zero-order valence-corrected chi connectivity index (χ0v) is 19.4. The highest BCUT2D eigenvalue weighted by atomic mass is 19.1. The molecule has 2 N–H and O–H groups in total. The number of ether oxygens (including phenoxy) is 1. The first-order valence-electron chi connectivity index (χ1n) is 11.8. The third-order valence-electron chi connectivity index (χ3n) is 7.13. The average Bonchev–Trinajstić information content (AvgIpc) is 3.26. The highest BCUT2D eigenvalue weighted by Gasteiger charge is 2.67. The minimum Gasteiger partial charge on any atom is -0.507 e. The van der Waals surface area contributed by atoms with Gasteiger partial charge in [-0.25, -0.2) is 4.39 Å². The Morgan fingerprint density at radius 1 is 1.09 bits per heavy atom. The van der Waals surface area contributed by atoms with E-state index in [1.54, 1.807) is 24.3 Å². The van der Waals surface area contributed by atoms with Crippen LogP contribution >= 0.6 is 0 Å². The molecule has 3 aliphatic rings.